The quantitative estimate of drug-likeness (QED) is 0.654. The summed E-state index contributed by atoms with van der Waals surface area (Å²) in [5.41, 5.74) is -0.235. The second-order valence-electron chi connectivity index (χ2n) is 7.10. The number of carbonyl (C=O) groups excluding carboxylic acids is 2. The van der Waals surface area contributed by atoms with E-state index in [4.69, 9.17) is 4.74 Å². The van der Waals surface area contributed by atoms with Crippen LogP contribution in [-0.2, 0) is 9.53 Å². The summed E-state index contributed by atoms with van der Waals surface area (Å²) in [5, 5.41) is 8.91. The molecule has 0 spiro atoms. The predicted octanol–water partition coefficient (Wildman–Crippen LogP) is 2.08. The van der Waals surface area contributed by atoms with Crippen LogP contribution in [0.2, 0.25) is 0 Å². The maximum Gasteiger partial charge on any atom is 0.315 e. The molecule has 1 heterocycles. The summed E-state index contributed by atoms with van der Waals surface area (Å²) in [6, 6.07) is 0.211. The third kappa shape index (κ3) is 6.77. The molecule has 132 valence electrons. The average molecular weight is 325 g/mol. The first-order chi connectivity index (χ1) is 11.1. The number of rotatable bonds is 6. The van der Waals surface area contributed by atoms with E-state index in [2.05, 4.69) is 16.0 Å². The van der Waals surface area contributed by atoms with Gasteiger partial charge >= 0.3 is 6.03 Å². The molecule has 0 unspecified atom stereocenters. The van der Waals surface area contributed by atoms with E-state index in [1.54, 1.807) is 0 Å². The molecule has 3 amide bonds. The number of hydrogen-bond donors (Lipinski definition) is 3. The minimum atomic E-state index is -0.235. The molecule has 23 heavy (non-hydrogen) atoms. The van der Waals surface area contributed by atoms with Crippen LogP contribution >= 0.6 is 0 Å². The molecule has 0 radical (unpaired) electrons. The van der Waals surface area contributed by atoms with E-state index in [0.717, 1.165) is 32.3 Å². The lowest BCUT2D eigenvalue weighted by Crippen LogP contribution is -2.51. The maximum atomic E-state index is 12.0. The largest absolute Gasteiger partial charge is 0.379 e. The predicted molar refractivity (Wildman–Crippen MR) is 89.2 cm³/mol. The highest BCUT2D eigenvalue weighted by atomic mass is 16.5. The molecular formula is C17H31N3O3. The molecule has 2 rings (SSSR count). The Bertz CT molecular complexity index is 389. The van der Waals surface area contributed by atoms with Crippen LogP contribution in [-0.4, -0.2) is 43.3 Å². The van der Waals surface area contributed by atoms with Crippen LogP contribution in [0.5, 0.6) is 0 Å². The Balaban J connectivity index is 1.53. The molecule has 2 aliphatic rings. The average Bonchev–Trinajstić information content (AvgIpc) is 2.53. The first kappa shape index (κ1) is 18.0. The van der Waals surface area contributed by atoms with Crippen molar-refractivity contribution < 1.29 is 14.3 Å². The van der Waals surface area contributed by atoms with Gasteiger partial charge in [0, 0.05) is 25.6 Å². The monoisotopic (exact) mass is 325 g/mol. The van der Waals surface area contributed by atoms with Crippen molar-refractivity contribution in [2.24, 2.45) is 0 Å². The Kier molecular flexibility index (Phi) is 7.15. The third-order valence-electron chi connectivity index (χ3n) is 4.69. The van der Waals surface area contributed by atoms with Gasteiger partial charge in [-0.3, -0.25) is 4.79 Å². The van der Waals surface area contributed by atoms with E-state index in [1.165, 1.54) is 19.3 Å². The normalized spacial score (nSPS) is 25.6. The van der Waals surface area contributed by atoms with Crippen LogP contribution in [0.3, 0.4) is 0 Å². The smallest absolute Gasteiger partial charge is 0.315 e. The summed E-state index contributed by atoms with van der Waals surface area (Å²) in [5.74, 6) is 0.0347. The van der Waals surface area contributed by atoms with Crippen LogP contribution in [0, 0.1) is 0 Å². The Morgan fingerprint density at radius 3 is 2.65 bits per heavy atom. The highest BCUT2D eigenvalue weighted by molar-refractivity contribution is 5.77. The van der Waals surface area contributed by atoms with Crippen LogP contribution in [0.25, 0.3) is 0 Å². The number of ether oxygens (including phenoxy) is 1. The van der Waals surface area contributed by atoms with Crippen molar-refractivity contribution in [3.05, 3.63) is 0 Å². The van der Waals surface area contributed by atoms with Crippen molar-refractivity contribution >= 4 is 11.9 Å². The summed E-state index contributed by atoms with van der Waals surface area (Å²) >= 11 is 0. The summed E-state index contributed by atoms with van der Waals surface area (Å²) in [6.45, 7) is 3.92. The minimum Gasteiger partial charge on any atom is -0.379 e. The molecule has 0 aromatic carbocycles. The number of nitrogens with one attached hydrogen (secondary N) is 3. The number of carbonyl (C=O) groups is 2. The fourth-order valence-corrected chi connectivity index (χ4v) is 3.37. The van der Waals surface area contributed by atoms with Gasteiger partial charge in [0.1, 0.15) is 0 Å². The zero-order valence-corrected chi connectivity index (χ0v) is 14.3. The van der Waals surface area contributed by atoms with Gasteiger partial charge in [0.25, 0.3) is 0 Å². The molecule has 0 aromatic rings. The molecule has 1 atom stereocenters. The lowest BCUT2D eigenvalue weighted by Gasteiger charge is -2.34. The van der Waals surface area contributed by atoms with Gasteiger partial charge < -0.3 is 20.7 Å². The highest BCUT2D eigenvalue weighted by Crippen LogP contribution is 2.18. The molecule has 3 N–H and O–H groups in total. The van der Waals surface area contributed by atoms with E-state index in [1.807, 2.05) is 6.92 Å². The zero-order valence-electron chi connectivity index (χ0n) is 14.3. The van der Waals surface area contributed by atoms with E-state index in [-0.39, 0.29) is 17.5 Å². The van der Waals surface area contributed by atoms with E-state index in [9.17, 15) is 9.59 Å². The molecule has 1 saturated carbocycles. The molecule has 0 bridgehead atoms. The molecular weight excluding hydrogens is 294 g/mol. The fraction of sp³-hybridized carbons (Fsp3) is 0.882. The lowest BCUT2D eigenvalue weighted by atomic mass is 9.94. The maximum absolute atomic E-state index is 12.0. The zero-order chi connectivity index (χ0) is 16.5. The molecule has 2 fully saturated rings. The lowest BCUT2D eigenvalue weighted by molar-refractivity contribution is -0.124. The first-order valence-corrected chi connectivity index (χ1v) is 9.00. The van der Waals surface area contributed by atoms with Crippen molar-refractivity contribution in [3.63, 3.8) is 0 Å². The Hall–Kier alpha value is -1.30. The van der Waals surface area contributed by atoms with Gasteiger partial charge in [-0.15, -0.1) is 0 Å². The summed E-state index contributed by atoms with van der Waals surface area (Å²) in [4.78, 5) is 23.8. The van der Waals surface area contributed by atoms with Crippen LogP contribution in [0.1, 0.15) is 64.7 Å². The third-order valence-corrected chi connectivity index (χ3v) is 4.69. The Labute approximate surface area is 139 Å². The van der Waals surface area contributed by atoms with Crippen LogP contribution < -0.4 is 16.0 Å². The van der Waals surface area contributed by atoms with E-state index in [0.29, 0.717) is 32.0 Å². The van der Waals surface area contributed by atoms with Gasteiger partial charge in [-0.25, -0.2) is 4.79 Å². The number of hydrogen-bond acceptors (Lipinski definition) is 3. The Morgan fingerprint density at radius 1 is 1.17 bits per heavy atom. The van der Waals surface area contributed by atoms with Crippen LogP contribution in [0.4, 0.5) is 4.79 Å². The SMILES string of the molecule is C[C@@]1(NC(=O)CCCNC(=O)NC2CCCCC2)CCCOC1. The van der Waals surface area contributed by atoms with E-state index >= 15 is 0 Å². The molecule has 1 aliphatic heterocycles. The summed E-state index contributed by atoms with van der Waals surface area (Å²) in [7, 11) is 0. The van der Waals surface area contributed by atoms with Gasteiger partial charge in [0.15, 0.2) is 0 Å². The van der Waals surface area contributed by atoms with Gasteiger partial charge in [-0.2, -0.15) is 0 Å². The molecule has 1 aliphatic carbocycles. The number of amides is 3. The summed E-state index contributed by atoms with van der Waals surface area (Å²) in [6.07, 6.45) is 8.87. The van der Waals surface area contributed by atoms with E-state index < -0.39 is 0 Å². The van der Waals surface area contributed by atoms with Crippen molar-refractivity contribution in [2.45, 2.75) is 76.3 Å². The molecule has 0 aromatic heterocycles. The second-order valence-corrected chi connectivity index (χ2v) is 7.10. The number of urea groups is 1. The van der Waals surface area contributed by atoms with Crippen molar-refractivity contribution in [1.82, 2.24) is 16.0 Å². The fourth-order valence-electron chi connectivity index (χ4n) is 3.37. The van der Waals surface area contributed by atoms with Crippen molar-refractivity contribution in [1.29, 1.82) is 0 Å². The minimum absolute atomic E-state index is 0.0347. The van der Waals surface area contributed by atoms with Crippen molar-refractivity contribution in [2.75, 3.05) is 19.8 Å². The summed E-state index contributed by atoms with van der Waals surface area (Å²) < 4.78 is 5.44. The van der Waals surface area contributed by atoms with Gasteiger partial charge in [0.2, 0.25) is 5.91 Å². The Morgan fingerprint density at radius 2 is 1.96 bits per heavy atom. The van der Waals surface area contributed by atoms with Crippen molar-refractivity contribution in [3.8, 4) is 0 Å². The standard InChI is InChI=1S/C17H31N3O3/c1-17(10-6-12-23-13-17)20-15(21)9-5-11-18-16(22)19-14-7-3-2-4-8-14/h14H,2-13H2,1H3,(H,20,21)(H2,18,19,22)/t17-/m1/s1. The second kappa shape index (κ2) is 9.11. The van der Waals surface area contributed by atoms with Crippen LogP contribution in [0.15, 0.2) is 0 Å². The van der Waals surface area contributed by atoms with Gasteiger partial charge in [-0.05, 0) is 39.0 Å². The highest BCUT2D eigenvalue weighted by Gasteiger charge is 2.28. The van der Waals surface area contributed by atoms with Gasteiger partial charge in [-0.1, -0.05) is 19.3 Å². The van der Waals surface area contributed by atoms with Gasteiger partial charge in [0.05, 0.1) is 12.1 Å². The molecule has 1 saturated heterocycles. The molecule has 6 nitrogen and oxygen atoms in total. The topological polar surface area (TPSA) is 79.5 Å². The molecule has 6 heteroatoms. The first-order valence-electron chi connectivity index (χ1n) is 9.00.